The lowest BCUT2D eigenvalue weighted by atomic mass is 10.1. The van der Waals surface area contributed by atoms with Crippen molar-refractivity contribution in [2.45, 2.75) is 6.92 Å². The van der Waals surface area contributed by atoms with Crippen molar-refractivity contribution in [1.82, 2.24) is 19.7 Å². The van der Waals surface area contributed by atoms with Crippen molar-refractivity contribution in [3.05, 3.63) is 60.8 Å². The molecule has 3 heterocycles. The van der Waals surface area contributed by atoms with Crippen molar-refractivity contribution in [3.8, 4) is 5.82 Å². The summed E-state index contributed by atoms with van der Waals surface area (Å²) in [5, 5.41) is 4.05. The summed E-state index contributed by atoms with van der Waals surface area (Å²) < 4.78 is 1.49. The first kappa shape index (κ1) is 16.9. The molecule has 0 aliphatic carbocycles. The summed E-state index contributed by atoms with van der Waals surface area (Å²) in [4.78, 5) is 37.3. The number of hydrogen-bond donors (Lipinski definition) is 0. The Morgan fingerprint density at radius 2 is 1.96 bits per heavy atom. The number of hydrogen-bond acceptors (Lipinski definition) is 5. The first-order valence-corrected chi connectivity index (χ1v) is 8.56. The van der Waals surface area contributed by atoms with Gasteiger partial charge >= 0.3 is 0 Å². The highest BCUT2D eigenvalue weighted by molar-refractivity contribution is 6.11. The van der Waals surface area contributed by atoms with E-state index < -0.39 is 0 Å². The third-order valence-electron chi connectivity index (χ3n) is 4.63. The molecule has 0 fully saturated rings. The van der Waals surface area contributed by atoms with Crippen LogP contribution in [0.15, 0.2) is 55.2 Å². The molecule has 1 aliphatic rings. The maximum absolute atomic E-state index is 13.3. The van der Waals surface area contributed by atoms with Gasteiger partial charge in [-0.2, -0.15) is 5.10 Å². The van der Waals surface area contributed by atoms with E-state index in [1.165, 1.54) is 17.3 Å². The number of amides is 2. The summed E-state index contributed by atoms with van der Waals surface area (Å²) in [6.07, 6.45) is 4.49. The second-order valence-electron chi connectivity index (χ2n) is 6.45. The highest BCUT2D eigenvalue weighted by atomic mass is 16.2. The third-order valence-corrected chi connectivity index (χ3v) is 4.63. The summed E-state index contributed by atoms with van der Waals surface area (Å²) in [6.45, 7) is 2.14. The van der Waals surface area contributed by atoms with Gasteiger partial charge in [0.2, 0.25) is 5.91 Å². The van der Waals surface area contributed by atoms with Crippen molar-refractivity contribution in [2.24, 2.45) is 5.92 Å². The van der Waals surface area contributed by atoms with Gasteiger partial charge < -0.3 is 9.80 Å². The van der Waals surface area contributed by atoms with E-state index in [1.54, 1.807) is 35.2 Å². The Hall–Kier alpha value is -3.55. The Balaban J connectivity index is 1.76. The summed E-state index contributed by atoms with van der Waals surface area (Å²) >= 11 is 0. The van der Waals surface area contributed by atoms with Gasteiger partial charge in [-0.1, -0.05) is 19.1 Å². The van der Waals surface area contributed by atoms with E-state index in [-0.39, 0.29) is 17.7 Å². The van der Waals surface area contributed by atoms with Crippen LogP contribution < -0.4 is 9.80 Å². The minimum Gasteiger partial charge on any atom is -0.313 e. The normalized spacial score (nSPS) is 16.8. The fraction of sp³-hybridized carbons (Fsp3) is 0.211. The number of carbonyl (C=O) groups is 2. The molecule has 0 spiro atoms. The standard InChI is InChI=1S/C19H18N6O2/c1-13-10-24(16-6-4-3-5-15(16)23(2)18(13)26)19(27)14-7-8-21-17(9-14)25-12-20-11-22-25/h3-9,11-13H,10H2,1-2H3. The highest BCUT2D eigenvalue weighted by Crippen LogP contribution is 2.34. The number of anilines is 2. The molecule has 0 bridgehead atoms. The molecule has 1 aliphatic heterocycles. The van der Waals surface area contributed by atoms with Crippen LogP contribution in [0.1, 0.15) is 17.3 Å². The molecule has 1 unspecified atom stereocenters. The highest BCUT2D eigenvalue weighted by Gasteiger charge is 2.32. The summed E-state index contributed by atoms with van der Waals surface area (Å²) in [6, 6.07) is 10.7. The summed E-state index contributed by atoms with van der Waals surface area (Å²) in [7, 11) is 1.74. The van der Waals surface area contributed by atoms with Gasteiger partial charge in [-0.25, -0.2) is 14.6 Å². The van der Waals surface area contributed by atoms with Crippen molar-refractivity contribution < 1.29 is 9.59 Å². The van der Waals surface area contributed by atoms with Gasteiger partial charge in [-0.15, -0.1) is 0 Å². The molecule has 0 N–H and O–H groups in total. The predicted octanol–water partition coefficient (Wildman–Crippen LogP) is 1.92. The van der Waals surface area contributed by atoms with Gasteiger partial charge in [-0.05, 0) is 24.3 Å². The minimum atomic E-state index is -0.317. The van der Waals surface area contributed by atoms with Crippen LogP contribution in [0.3, 0.4) is 0 Å². The zero-order valence-corrected chi connectivity index (χ0v) is 15.0. The molecule has 2 aromatic heterocycles. The van der Waals surface area contributed by atoms with Crippen molar-refractivity contribution in [2.75, 3.05) is 23.4 Å². The number of aromatic nitrogens is 4. The SMILES string of the molecule is CC1CN(C(=O)c2ccnc(-n3cncn3)c2)c2ccccc2N(C)C1=O. The second-order valence-corrected chi connectivity index (χ2v) is 6.45. The molecule has 8 nitrogen and oxygen atoms in total. The Kier molecular flexibility index (Phi) is 4.15. The molecule has 27 heavy (non-hydrogen) atoms. The fourth-order valence-corrected chi connectivity index (χ4v) is 3.23. The average molecular weight is 362 g/mol. The lowest BCUT2D eigenvalue weighted by Crippen LogP contribution is -2.37. The Labute approximate surface area is 156 Å². The van der Waals surface area contributed by atoms with E-state index in [0.717, 1.165) is 0 Å². The van der Waals surface area contributed by atoms with Crippen molar-refractivity contribution >= 4 is 23.2 Å². The summed E-state index contributed by atoms with van der Waals surface area (Å²) in [5.41, 5.74) is 1.89. The van der Waals surface area contributed by atoms with E-state index in [2.05, 4.69) is 15.1 Å². The number of fused-ring (bicyclic) bond motifs is 1. The topological polar surface area (TPSA) is 84.2 Å². The van der Waals surface area contributed by atoms with Crippen LogP contribution in [0.4, 0.5) is 11.4 Å². The maximum atomic E-state index is 13.3. The van der Waals surface area contributed by atoms with E-state index >= 15 is 0 Å². The number of rotatable bonds is 2. The zero-order chi connectivity index (χ0) is 19.0. The van der Waals surface area contributed by atoms with E-state index in [9.17, 15) is 9.59 Å². The van der Waals surface area contributed by atoms with Gasteiger partial charge in [0.15, 0.2) is 5.82 Å². The quantitative estimate of drug-likeness (QED) is 0.695. The monoisotopic (exact) mass is 362 g/mol. The van der Waals surface area contributed by atoms with Crippen molar-refractivity contribution in [3.63, 3.8) is 0 Å². The first-order chi connectivity index (χ1) is 13.1. The van der Waals surface area contributed by atoms with Crippen molar-refractivity contribution in [1.29, 1.82) is 0 Å². The molecule has 136 valence electrons. The van der Waals surface area contributed by atoms with Gasteiger partial charge in [0, 0.05) is 25.4 Å². The fourth-order valence-electron chi connectivity index (χ4n) is 3.23. The van der Waals surface area contributed by atoms with Crippen LogP contribution >= 0.6 is 0 Å². The van der Waals surface area contributed by atoms with Crippen LogP contribution in [-0.2, 0) is 4.79 Å². The van der Waals surface area contributed by atoms with Gasteiger partial charge in [0.1, 0.15) is 12.7 Å². The molecule has 2 amide bonds. The molecule has 0 radical (unpaired) electrons. The lowest BCUT2D eigenvalue weighted by molar-refractivity contribution is -0.121. The number of benzene rings is 1. The Morgan fingerprint density at radius 1 is 1.19 bits per heavy atom. The number of carbonyl (C=O) groups excluding carboxylic acids is 2. The molecule has 4 rings (SSSR count). The predicted molar refractivity (Wildman–Crippen MR) is 99.8 cm³/mol. The number of para-hydroxylation sites is 2. The molecule has 3 aromatic rings. The largest absolute Gasteiger partial charge is 0.313 e. The molecule has 1 atom stereocenters. The van der Waals surface area contributed by atoms with Crippen LogP contribution in [0.2, 0.25) is 0 Å². The Bertz CT molecular complexity index is 1000. The lowest BCUT2D eigenvalue weighted by Gasteiger charge is -2.24. The Morgan fingerprint density at radius 3 is 2.70 bits per heavy atom. The zero-order valence-electron chi connectivity index (χ0n) is 15.0. The van der Waals surface area contributed by atoms with Gasteiger partial charge in [0.25, 0.3) is 5.91 Å². The molecule has 0 saturated carbocycles. The molecule has 1 aromatic carbocycles. The van der Waals surface area contributed by atoms with E-state index in [4.69, 9.17) is 0 Å². The number of nitrogens with zero attached hydrogens (tertiary/aromatic N) is 6. The van der Waals surface area contributed by atoms with Crippen LogP contribution in [0.5, 0.6) is 0 Å². The minimum absolute atomic E-state index is 0.0178. The molecular formula is C19H18N6O2. The van der Waals surface area contributed by atoms with Crippen LogP contribution in [0.25, 0.3) is 5.82 Å². The molecule has 8 heteroatoms. The van der Waals surface area contributed by atoms with Gasteiger partial charge in [-0.3, -0.25) is 9.59 Å². The maximum Gasteiger partial charge on any atom is 0.258 e. The number of pyridine rings is 1. The van der Waals surface area contributed by atoms with E-state index in [1.807, 2.05) is 31.2 Å². The average Bonchev–Trinajstić information content (AvgIpc) is 3.22. The second kappa shape index (κ2) is 6.64. The molecule has 0 saturated heterocycles. The first-order valence-electron chi connectivity index (χ1n) is 8.56. The van der Waals surface area contributed by atoms with E-state index in [0.29, 0.717) is 29.3 Å². The molecular weight excluding hydrogens is 344 g/mol. The van der Waals surface area contributed by atoms with Crippen LogP contribution in [-0.4, -0.2) is 45.2 Å². The van der Waals surface area contributed by atoms with Gasteiger partial charge in [0.05, 0.1) is 17.3 Å². The van der Waals surface area contributed by atoms with Crippen LogP contribution in [0, 0.1) is 5.92 Å². The smallest absolute Gasteiger partial charge is 0.258 e. The third kappa shape index (κ3) is 2.95. The summed E-state index contributed by atoms with van der Waals surface area (Å²) in [5.74, 6) is -0.0254.